The summed E-state index contributed by atoms with van der Waals surface area (Å²) in [6, 6.07) is 4.79. The first kappa shape index (κ1) is 22.1. The summed E-state index contributed by atoms with van der Waals surface area (Å²) in [6.45, 7) is 0. The van der Waals surface area contributed by atoms with Crippen LogP contribution in [0.15, 0.2) is 48.5 Å². The molecule has 2 aromatic heterocycles. The quantitative estimate of drug-likeness (QED) is 0.411. The second-order valence-electron chi connectivity index (χ2n) is 8.34. The van der Waals surface area contributed by atoms with Crippen LogP contribution in [0.5, 0.6) is 0 Å². The van der Waals surface area contributed by atoms with Crippen LogP contribution in [-0.2, 0) is 0 Å². The summed E-state index contributed by atoms with van der Waals surface area (Å²) in [5.41, 5.74) is 1.96. The lowest BCUT2D eigenvalue weighted by Gasteiger charge is -2.29. The van der Waals surface area contributed by atoms with Crippen molar-refractivity contribution < 1.29 is 9.50 Å². The molecule has 33 heavy (non-hydrogen) atoms. The number of nitrogens with zero attached hydrogens (tertiary/aromatic N) is 4. The molecule has 7 nitrogen and oxygen atoms in total. The van der Waals surface area contributed by atoms with E-state index < -0.39 is 6.04 Å². The third-order valence-corrected chi connectivity index (χ3v) is 6.78. The third kappa shape index (κ3) is 4.69. The third-order valence-electron chi connectivity index (χ3n) is 6.04. The maximum Gasteiger partial charge on any atom is 0.229 e. The van der Waals surface area contributed by atoms with E-state index in [1.165, 1.54) is 6.08 Å². The fraction of sp³-hybridized carbons (Fsp3) is 0.348. The van der Waals surface area contributed by atoms with Crippen molar-refractivity contribution in [2.75, 3.05) is 10.6 Å². The van der Waals surface area contributed by atoms with Gasteiger partial charge in [0.05, 0.1) is 28.4 Å². The summed E-state index contributed by atoms with van der Waals surface area (Å²) in [5.74, 6) is 0.704. The van der Waals surface area contributed by atoms with Crippen LogP contribution in [0.2, 0.25) is 10.0 Å². The van der Waals surface area contributed by atoms with Crippen LogP contribution in [0.1, 0.15) is 38.1 Å². The minimum atomic E-state index is -0.485. The lowest BCUT2D eigenvalue weighted by atomic mass is 9.93. The Morgan fingerprint density at radius 3 is 2.67 bits per heavy atom. The number of aromatic nitrogens is 4. The lowest BCUT2D eigenvalue weighted by Crippen LogP contribution is -2.26. The molecule has 0 spiro atoms. The van der Waals surface area contributed by atoms with Crippen LogP contribution in [-0.4, -0.2) is 36.8 Å². The lowest BCUT2D eigenvalue weighted by molar-refractivity contribution is 0.112. The molecule has 1 atom stereocenters. The predicted octanol–water partition coefficient (Wildman–Crippen LogP) is 5.95. The Bertz CT molecular complexity index is 1240. The highest BCUT2D eigenvalue weighted by Crippen LogP contribution is 2.35. The van der Waals surface area contributed by atoms with Crippen molar-refractivity contribution in [1.82, 2.24) is 19.5 Å². The summed E-state index contributed by atoms with van der Waals surface area (Å²) in [7, 11) is 0. The van der Waals surface area contributed by atoms with Gasteiger partial charge in [0.25, 0.3) is 0 Å². The number of aliphatic hydroxyl groups is 1. The number of hydrogen-bond acceptors (Lipinski definition) is 6. The molecular weight excluding hydrogens is 466 g/mol. The van der Waals surface area contributed by atoms with Crippen molar-refractivity contribution in [1.29, 1.82) is 0 Å². The molecule has 2 aliphatic rings. The Balaban J connectivity index is 1.51. The summed E-state index contributed by atoms with van der Waals surface area (Å²) < 4.78 is 16.4. The number of halogens is 3. The van der Waals surface area contributed by atoms with E-state index in [1.807, 2.05) is 10.6 Å². The molecule has 1 aromatic carbocycles. The number of nitrogens with one attached hydrogen (secondary N) is 2. The number of benzene rings is 1. The van der Waals surface area contributed by atoms with Crippen molar-refractivity contribution in [2.45, 2.75) is 50.3 Å². The highest BCUT2D eigenvalue weighted by Gasteiger charge is 2.27. The number of fused-ring (bicyclic) bond motifs is 1. The van der Waals surface area contributed by atoms with Crippen LogP contribution in [0.25, 0.3) is 11.2 Å². The SMILES string of the molecule is OC1CCC(n2c(NC3CC=CC=C3F)nc3cnc(Nc4ccc(Cl)c(Cl)c4)nc32)CC1. The molecule has 5 rings (SSSR count). The van der Waals surface area contributed by atoms with E-state index in [9.17, 15) is 9.50 Å². The summed E-state index contributed by atoms with van der Waals surface area (Å²) in [5, 5.41) is 17.3. The second kappa shape index (κ2) is 9.29. The Hall–Kier alpha value is -2.68. The van der Waals surface area contributed by atoms with Gasteiger partial charge >= 0.3 is 0 Å². The molecule has 0 aliphatic heterocycles. The monoisotopic (exact) mass is 488 g/mol. The largest absolute Gasteiger partial charge is 0.393 e. The van der Waals surface area contributed by atoms with Crippen LogP contribution in [0.3, 0.4) is 0 Å². The van der Waals surface area contributed by atoms with Crippen LogP contribution in [0, 0.1) is 0 Å². The molecule has 0 amide bonds. The molecule has 3 N–H and O–H groups in total. The molecule has 2 heterocycles. The normalized spacial score (nSPS) is 22.9. The van der Waals surface area contributed by atoms with Gasteiger partial charge in [-0.25, -0.2) is 14.4 Å². The molecule has 0 saturated heterocycles. The standard InChI is InChI=1S/C23H23Cl2FN6O/c24-16-10-5-13(11-17(16)25)28-22-27-12-20-21(31-22)32(14-6-8-15(33)9-7-14)23(30-20)29-19-4-2-1-3-18(19)26/h1-3,5,10-12,14-15,19,33H,4,6-9H2,(H,29,30)(H,27,28,31). The fourth-order valence-electron chi connectivity index (χ4n) is 4.31. The van der Waals surface area contributed by atoms with Gasteiger partial charge in [0.2, 0.25) is 11.9 Å². The molecule has 1 unspecified atom stereocenters. The van der Waals surface area contributed by atoms with Crippen LogP contribution < -0.4 is 10.6 Å². The van der Waals surface area contributed by atoms with Gasteiger partial charge in [0.15, 0.2) is 5.65 Å². The Morgan fingerprint density at radius 2 is 1.91 bits per heavy atom. The molecule has 172 valence electrons. The van der Waals surface area contributed by atoms with Gasteiger partial charge in [-0.1, -0.05) is 35.4 Å². The highest BCUT2D eigenvalue weighted by atomic mass is 35.5. The minimum Gasteiger partial charge on any atom is -0.393 e. The molecule has 0 radical (unpaired) electrons. The Morgan fingerprint density at radius 1 is 1.09 bits per heavy atom. The van der Waals surface area contributed by atoms with Crippen molar-refractivity contribution in [2.24, 2.45) is 0 Å². The summed E-state index contributed by atoms with van der Waals surface area (Å²) >= 11 is 12.1. The van der Waals surface area contributed by atoms with Gasteiger partial charge in [-0.15, -0.1) is 0 Å². The highest BCUT2D eigenvalue weighted by molar-refractivity contribution is 6.42. The van der Waals surface area contributed by atoms with Crippen molar-refractivity contribution in [3.8, 4) is 0 Å². The number of aliphatic hydroxyl groups excluding tert-OH is 1. The fourth-order valence-corrected chi connectivity index (χ4v) is 4.60. The van der Waals surface area contributed by atoms with Gasteiger partial charge in [0.1, 0.15) is 11.3 Å². The smallest absolute Gasteiger partial charge is 0.229 e. The van der Waals surface area contributed by atoms with E-state index in [-0.39, 0.29) is 18.0 Å². The predicted molar refractivity (Wildman–Crippen MR) is 129 cm³/mol. The van der Waals surface area contributed by atoms with E-state index in [0.29, 0.717) is 58.1 Å². The zero-order valence-corrected chi connectivity index (χ0v) is 19.2. The van der Waals surface area contributed by atoms with Crippen molar-refractivity contribution in [3.05, 3.63) is 58.5 Å². The van der Waals surface area contributed by atoms with E-state index in [4.69, 9.17) is 28.2 Å². The maximum atomic E-state index is 14.4. The van der Waals surface area contributed by atoms with Crippen molar-refractivity contribution in [3.63, 3.8) is 0 Å². The molecule has 10 heteroatoms. The zero-order valence-electron chi connectivity index (χ0n) is 17.7. The number of rotatable bonds is 5. The molecule has 1 saturated carbocycles. The first-order chi connectivity index (χ1) is 16.0. The van der Waals surface area contributed by atoms with Crippen molar-refractivity contribution >= 4 is 51.9 Å². The first-order valence-electron chi connectivity index (χ1n) is 10.9. The number of allylic oxidation sites excluding steroid dienone is 2. The number of imidazole rings is 1. The average molecular weight is 489 g/mol. The van der Waals surface area contributed by atoms with Gasteiger partial charge in [0, 0.05) is 11.7 Å². The Kier molecular flexibility index (Phi) is 6.23. The zero-order chi connectivity index (χ0) is 22.9. The van der Waals surface area contributed by atoms with E-state index in [0.717, 1.165) is 12.8 Å². The van der Waals surface area contributed by atoms with E-state index in [2.05, 4.69) is 20.6 Å². The average Bonchev–Trinajstić information content (AvgIpc) is 3.16. The summed E-state index contributed by atoms with van der Waals surface area (Å²) in [4.78, 5) is 13.8. The minimum absolute atomic E-state index is 0.0831. The molecule has 1 fully saturated rings. The maximum absolute atomic E-state index is 14.4. The molecule has 3 aromatic rings. The number of anilines is 3. The molecular formula is C23H23Cl2FN6O. The summed E-state index contributed by atoms with van der Waals surface area (Å²) in [6.07, 6.45) is 9.94. The van der Waals surface area contributed by atoms with Gasteiger partial charge in [-0.3, -0.25) is 4.57 Å². The molecule has 2 aliphatic carbocycles. The van der Waals surface area contributed by atoms with E-state index in [1.54, 1.807) is 30.5 Å². The first-order valence-corrected chi connectivity index (χ1v) is 11.7. The topological polar surface area (TPSA) is 87.9 Å². The second-order valence-corrected chi connectivity index (χ2v) is 9.15. The van der Waals surface area contributed by atoms with Gasteiger partial charge < -0.3 is 15.7 Å². The van der Waals surface area contributed by atoms with Crippen LogP contribution >= 0.6 is 23.2 Å². The van der Waals surface area contributed by atoms with Gasteiger partial charge in [-0.05, 0) is 56.4 Å². The Labute approximate surface area is 200 Å². The van der Waals surface area contributed by atoms with Gasteiger partial charge in [-0.2, -0.15) is 4.98 Å². The van der Waals surface area contributed by atoms with E-state index >= 15 is 0 Å². The van der Waals surface area contributed by atoms with Crippen LogP contribution in [0.4, 0.5) is 22.0 Å². The number of hydrogen-bond donors (Lipinski definition) is 3. The molecule has 0 bridgehead atoms.